The van der Waals surface area contributed by atoms with Crippen LogP contribution < -0.4 is 10.2 Å². The van der Waals surface area contributed by atoms with E-state index >= 15 is 0 Å². The summed E-state index contributed by atoms with van der Waals surface area (Å²) in [5.41, 5.74) is -0.218. The van der Waals surface area contributed by atoms with E-state index in [1.807, 2.05) is 29.5 Å². The molecule has 3 aromatic rings. The first-order valence-electron chi connectivity index (χ1n) is 10.2. The topological polar surface area (TPSA) is 67.3 Å². The fraction of sp³-hybridized carbons (Fsp3) is 0.409. The SMILES string of the molecule is CCOC(=O)C1(NCc2ccc(F)cc2)CCN(c2ncc3ccsc3n2)C(C)C1Cl. The van der Waals surface area contributed by atoms with Crippen LogP contribution in [0.15, 0.2) is 41.9 Å². The van der Waals surface area contributed by atoms with Gasteiger partial charge < -0.3 is 9.64 Å². The summed E-state index contributed by atoms with van der Waals surface area (Å²) in [6, 6.07) is 7.93. The lowest BCUT2D eigenvalue weighted by Gasteiger charge is -2.47. The number of fused-ring (bicyclic) bond motifs is 1. The van der Waals surface area contributed by atoms with Crippen LogP contribution in [-0.2, 0) is 16.1 Å². The van der Waals surface area contributed by atoms with Gasteiger partial charge >= 0.3 is 5.97 Å². The summed E-state index contributed by atoms with van der Waals surface area (Å²) in [7, 11) is 0. The number of hydrogen-bond donors (Lipinski definition) is 1. The third-order valence-corrected chi connectivity index (χ3v) is 7.31. The fourth-order valence-corrected chi connectivity index (χ4v) is 5.12. The van der Waals surface area contributed by atoms with Gasteiger partial charge in [0.2, 0.25) is 5.95 Å². The second-order valence-corrected chi connectivity index (χ2v) is 8.97. The molecule has 0 bridgehead atoms. The van der Waals surface area contributed by atoms with E-state index in [1.165, 1.54) is 12.1 Å². The van der Waals surface area contributed by atoms with Crippen LogP contribution in [0.4, 0.5) is 10.3 Å². The lowest BCUT2D eigenvalue weighted by atomic mass is 9.82. The van der Waals surface area contributed by atoms with Crippen LogP contribution in [-0.4, -0.2) is 46.0 Å². The number of ether oxygens (including phenoxy) is 1. The van der Waals surface area contributed by atoms with Gasteiger partial charge in [0.25, 0.3) is 0 Å². The van der Waals surface area contributed by atoms with Gasteiger partial charge in [0.1, 0.15) is 16.2 Å². The van der Waals surface area contributed by atoms with Crippen molar-refractivity contribution in [2.75, 3.05) is 18.1 Å². The highest BCUT2D eigenvalue weighted by molar-refractivity contribution is 7.16. The molecule has 0 amide bonds. The molecule has 2 aromatic heterocycles. The molecule has 3 heterocycles. The van der Waals surface area contributed by atoms with Gasteiger partial charge in [0.15, 0.2) is 0 Å². The second-order valence-electron chi connectivity index (χ2n) is 7.61. The molecule has 0 spiro atoms. The number of nitrogens with one attached hydrogen (secondary N) is 1. The summed E-state index contributed by atoms with van der Waals surface area (Å²) in [5.74, 6) is -0.0777. The molecule has 0 radical (unpaired) electrons. The molecule has 3 unspecified atom stereocenters. The van der Waals surface area contributed by atoms with Crippen molar-refractivity contribution in [2.45, 2.75) is 43.8 Å². The third-order valence-electron chi connectivity index (χ3n) is 5.75. The van der Waals surface area contributed by atoms with Gasteiger partial charge in [-0.05, 0) is 49.4 Å². The number of halogens is 2. The molecule has 3 atom stereocenters. The molecule has 9 heteroatoms. The highest BCUT2D eigenvalue weighted by Crippen LogP contribution is 2.35. The lowest BCUT2D eigenvalue weighted by Crippen LogP contribution is -2.68. The molecular weight excluding hydrogens is 439 g/mol. The van der Waals surface area contributed by atoms with E-state index in [0.29, 0.717) is 25.5 Å². The fourth-order valence-electron chi connectivity index (χ4n) is 3.97. The first-order chi connectivity index (χ1) is 14.9. The number of carbonyl (C=O) groups is 1. The smallest absolute Gasteiger partial charge is 0.328 e. The molecule has 1 aliphatic rings. The minimum atomic E-state index is -1.07. The highest BCUT2D eigenvalue weighted by atomic mass is 35.5. The van der Waals surface area contributed by atoms with E-state index in [1.54, 1.807) is 30.4 Å². The molecule has 4 rings (SSSR count). The molecule has 1 aliphatic heterocycles. The van der Waals surface area contributed by atoms with Crippen LogP contribution in [0.2, 0.25) is 0 Å². The average molecular weight is 463 g/mol. The van der Waals surface area contributed by atoms with Crippen molar-refractivity contribution in [3.63, 3.8) is 0 Å². The van der Waals surface area contributed by atoms with Crippen molar-refractivity contribution < 1.29 is 13.9 Å². The molecule has 164 valence electrons. The van der Waals surface area contributed by atoms with Gasteiger partial charge in [-0.3, -0.25) is 5.32 Å². The summed E-state index contributed by atoms with van der Waals surface area (Å²) in [6.45, 7) is 4.91. The van der Waals surface area contributed by atoms with Gasteiger partial charge in [-0.2, -0.15) is 0 Å². The van der Waals surface area contributed by atoms with Gasteiger partial charge in [-0.1, -0.05) is 12.1 Å². The molecule has 1 fully saturated rings. The molecule has 1 saturated heterocycles. The third kappa shape index (κ3) is 4.24. The lowest BCUT2D eigenvalue weighted by molar-refractivity contribution is -0.152. The van der Waals surface area contributed by atoms with Crippen molar-refractivity contribution in [3.8, 4) is 0 Å². The number of aromatic nitrogens is 2. The van der Waals surface area contributed by atoms with Crippen LogP contribution in [0.3, 0.4) is 0 Å². The summed E-state index contributed by atoms with van der Waals surface area (Å²) in [5, 5.41) is 5.73. The Morgan fingerprint density at radius 3 is 2.90 bits per heavy atom. The molecular formula is C22H24ClFN4O2S. The summed E-state index contributed by atoms with van der Waals surface area (Å²) in [4.78, 5) is 25.2. The Kier molecular flexibility index (Phi) is 6.41. The Bertz CT molecular complexity index is 1060. The monoisotopic (exact) mass is 462 g/mol. The number of benzene rings is 1. The van der Waals surface area contributed by atoms with Gasteiger partial charge in [0.05, 0.1) is 12.0 Å². The molecule has 0 saturated carbocycles. The molecule has 31 heavy (non-hydrogen) atoms. The molecule has 1 aromatic carbocycles. The van der Waals surface area contributed by atoms with Crippen LogP contribution in [0, 0.1) is 5.82 Å². The summed E-state index contributed by atoms with van der Waals surface area (Å²) < 4.78 is 18.7. The number of piperidine rings is 1. The zero-order valence-electron chi connectivity index (χ0n) is 17.3. The standard InChI is InChI=1S/C22H24ClFN4O2S/c1-3-30-20(29)22(26-12-15-4-6-17(24)7-5-15)9-10-28(14(2)18(22)23)21-25-13-16-8-11-31-19(16)27-21/h4-8,11,13-14,18,26H,3,9-10,12H2,1-2H3. The van der Waals surface area contributed by atoms with Crippen LogP contribution in [0.1, 0.15) is 25.8 Å². The van der Waals surface area contributed by atoms with Crippen molar-refractivity contribution in [1.82, 2.24) is 15.3 Å². The number of thiophene rings is 1. The largest absolute Gasteiger partial charge is 0.465 e. The normalized spacial score (nSPS) is 23.8. The van der Waals surface area contributed by atoms with E-state index in [0.717, 1.165) is 15.8 Å². The molecule has 0 aliphatic carbocycles. The molecule has 1 N–H and O–H groups in total. The van der Waals surface area contributed by atoms with E-state index < -0.39 is 10.9 Å². The maximum absolute atomic E-state index is 13.2. The van der Waals surface area contributed by atoms with Gasteiger partial charge in [0, 0.05) is 30.7 Å². The van der Waals surface area contributed by atoms with E-state index in [-0.39, 0.29) is 24.4 Å². The maximum Gasteiger partial charge on any atom is 0.328 e. The second kappa shape index (κ2) is 9.06. The first-order valence-corrected chi connectivity index (χ1v) is 11.5. The predicted molar refractivity (Wildman–Crippen MR) is 121 cm³/mol. The van der Waals surface area contributed by atoms with Crippen LogP contribution >= 0.6 is 22.9 Å². The number of alkyl halides is 1. The van der Waals surface area contributed by atoms with E-state index in [4.69, 9.17) is 16.3 Å². The number of hydrogen-bond acceptors (Lipinski definition) is 7. The number of nitrogens with zero attached hydrogens (tertiary/aromatic N) is 3. The Morgan fingerprint density at radius 2 is 2.16 bits per heavy atom. The van der Waals surface area contributed by atoms with Crippen molar-refractivity contribution in [1.29, 1.82) is 0 Å². The van der Waals surface area contributed by atoms with Crippen LogP contribution in [0.5, 0.6) is 0 Å². The van der Waals surface area contributed by atoms with E-state index in [9.17, 15) is 9.18 Å². The Morgan fingerprint density at radius 1 is 1.39 bits per heavy atom. The number of esters is 1. The highest BCUT2D eigenvalue weighted by Gasteiger charge is 2.53. The zero-order valence-corrected chi connectivity index (χ0v) is 18.9. The minimum absolute atomic E-state index is 0.224. The number of anilines is 1. The first kappa shape index (κ1) is 21.9. The summed E-state index contributed by atoms with van der Waals surface area (Å²) in [6.07, 6.45) is 2.24. The predicted octanol–water partition coefficient (Wildman–Crippen LogP) is 4.13. The van der Waals surface area contributed by atoms with Gasteiger partial charge in [-0.15, -0.1) is 22.9 Å². The van der Waals surface area contributed by atoms with E-state index in [2.05, 4.69) is 15.3 Å². The maximum atomic E-state index is 13.2. The Balaban J connectivity index is 1.58. The minimum Gasteiger partial charge on any atom is -0.465 e. The summed E-state index contributed by atoms with van der Waals surface area (Å²) >= 11 is 8.50. The number of carbonyl (C=O) groups excluding carboxylic acids is 1. The number of rotatable bonds is 6. The van der Waals surface area contributed by atoms with Crippen LogP contribution in [0.25, 0.3) is 10.2 Å². The van der Waals surface area contributed by atoms with Crippen molar-refractivity contribution in [2.24, 2.45) is 0 Å². The Hall–Kier alpha value is -2.29. The van der Waals surface area contributed by atoms with Crippen molar-refractivity contribution in [3.05, 3.63) is 53.3 Å². The molecule has 6 nitrogen and oxygen atoms in total. The average Bonchev–Trinajstić information content (AvgIpc) is 3.24. The quantitative estimate of drug-likeness (QED) is 0.439. The Labute approximate surface area is 189 Å². The zero-order chi connectivity index (χ0) is 22.0. The van der Waals surface area contributed by atoms with Crippen molar-refractivity contribution >= 4 is 45.1 Å². The van der Waals surface area contributed by atoms with Gasteiger partial charge in [-0.25, -0.2) is 19.2 Å².